The molecule has 1 aromatic rings. The van der Waals surface area contributed by atoms with Crippen molar-refractivity contribution in [3.8, 4) is 0 Å². The molecule has 0 aliphatic carbocycles. The number of hydrogen-bond donors (Lipinski definition) is 1. The lowest BCUT2D eigenvalue weighted by atomic mass is 9.88. The first-order valence-corrected chi connectivity index (χ1v) is 7.77. The van der Waals surface area contributed by atoms with Gasteiger partial charge in [-0.15, -0.1) is 0 Å². The molecule has 0 spiro atoms. The van der Waals surface area contributed by atoms with Gasteiger partial charge < -0.3 is 10.1 Å². The summed E-state index contributed by atoms with van der Waals surface area (Å²) in [7, 11) is 0. The maximum Gasteiger partial charge on any atom is 0.123 e. The Morgan fingerprint density at radius 2 is 2.30 bits per heavy atom. The molecule has 1 aliphatic heterocycles. The predicted octanol–water partition coefficient (Wildman–Crippen LogP) is 3.47. The summed E-state index contributed by atoms with van der Waals surface area (Å²) in [5, 5.41) is 3.66. The molecule has 0 saturated carbocycles. The van der Waals surface area contributed by atoms with E-state index in [0.717, 1.165) is 44.6 Å². The van der Waals surface area contributed by atoms with Crippen molar-refractivity contribution in [3.05, 3.63) is 35.1 Å². The zero-order valence-corrected chi connectivity index (χ0v) is 12.6. The molecular weight excluding hydrogens is 253 g/mol. The van der Waals surface area contributed by atoms with Gasteiger partial charge in [0.05, 0.1) is 6.61 Å². The maximum atomic E-state index is 13.2. The lowest BCUT2D eigenvalue weighted by Crippen LogP contribution is -2.42. The first kappa shape index (κ1) is 15.5. The average molecular weight is 279 g/mol. The number of rotatable bonds is 6. The van der Waals surface area contributed by atoms with Crippen LogP contribution in [-0.4, -0.2) is 25.8 Å². The molecule has 3 heteroatoms. The van der Waals surface area contributed by atoms with Crippen LogP contribution < -0.4 is 5.32 Å². The first-order chi connectivity index (χ1) is 9.70. The Kier molecular flexibility index (Phi) is 5.99. The van der Waals surface area contributed by atoms with Gasteiger partial charge in [0.15, 0.2) is 0 Å². The van der Waals surface area contributed by atoms with E-state index in [-0.39, 0.29) is 5.82 Å². The molecule has 0 aromatic heterocycles. The quantitative estimate of drug-likeness (QED) is 0.861. The van der Waals surface area contributed by atoms with Crippen molar-refractivity contribution in [3.63, 3.8) is 0 Å². The van der Waals surface area contributed by atoms with Gasteiger partial charge in [-0.05, 0) is 68.3 Å². The van der Waals surface area contributed by atoms with Gasteiger partial charge in [0.2, 0.25) is 0 Å². The topological polar surface area (TPSA) is 21.3 Å². The Bertz CT molecular complexity index is 415. The van der Waals surface area contributed by atoms with E-state index in [4.69, 9.17) is 4.74 Å². The van der Waals surface area contributed by atoms with Crippen LogP contribution in [0.3, 0.4) is 0 Å². The van der Waals surface area contributed by atoms with Crippen LogP contribution in [0, 0.1) is 18.7 Å². The van der Waals surface area contributed by atoms with Crippen molar-refractivity contribution in [2.75, 3.05) is 19.8 Å². The summed E-state index contributed by atoms with van der Waals surface area (Å²) in [6.45, 7) is 6.95. The molecule has 1 N–H and O–H groups in total. The highest BCUT2D eigenvalue weighted by molar-refractivity contribution is 5.27. The molecule has 20 heavy (non-hydrogen) atoms. The van der Waals surface area contributed by atoms with E-state index in [9.17, 15) is 4.39 Å². The number of nitrogens with one attached hydrogen (secondary N) is 1. The third-order valence-electron chi connectivity index (χ3n) is 4.17. The van der Waals surface area contributed by atoms with E-state index in [1.54, 1.807) is 12.1 Å². The molecule has 0 amide bonds. The lowest BCUT2D eigenvalue weighted by Gasteiger charge is -2.31. The Morgan fingerprint density at radius 3 is 2.95 bits per heavy atom. The van der Waals surface area contributed by atoms with Crippen LogP contribution in [0.5, 0.6) is 0 Å². The number of hydrogen-bond acceptors (Lipinski definition) is 2. The second-order valence-corrected chi connectivity index (χ2v) is 5.81. The smallest absolute Gasteiger partial charge is 0.123 e. The number of benzene rings is 1. The summed E-state index contributed by atoms with van der Waals surface area (Å²) in [4.78, 5) is 0. The van der Waals surface area contributed by atoms with Gasteiger partial charge in [0.1, 0.15) is 5.82 Å². The minimum Gasteiger partial charge on any atom is -0.381 e. The van der Waals surface area contributed by atoms with Crippen molar-refractivity contribution in [2.24, 2.45) is 5.92 Å². The van der Waals surface area contributed by atoms with Gasteiger partial charge in [0.25, 0.3) is 0 Å². The van der Waals surface area contributed by atoms with Crippen molar-refractivity contribution < 1.29 is 9.13 Å². The van der Waals surface area contributed by atoms with E-state index in [1.807, 2.05) is 13.0 Å². The van der Waals surface area contributed by atoms with Crippen LogP contribution >= 0.6 is 0 Å². The van der Waals surface area contributed by atoms with E-state index in [1.165, 1.54) is 12.0 Å². The number of ether oxygens (including phenoxy) is 1. The first-order valence-electron chi connectivity index (χ1n) is 7.77. The van der Waals surface area contributed by atoms with Gasteiger partial charge in [-0.1, -0.05) is 13.0 Å². The second-order valence-electron chi connectivity index (χ2n) is 5.81. The van der Waals surface area contributed by atoms with E-state index < -0.39 is 0 Å². The summed E-state index contributed by atoms with van der Waals surface area (Å²) < 4.78 is 18.8. The third-order valence-corrected chi connectivity index (χ3v) is 4.17. The summed E-state index contributed by atoms with van der Waals surface area (Å²) in [6.07, 6.45) is 4.46. The molecule has 1 fully saturated rings. The summed E-state index contributed by atoms with van der Waals surface area (Å²) in [5.74, 6) is 0.421. The third kappa shape index (κ3) is 4.29. The Labute approximate surface area is 121 Å². The highest BCUT2D eigenvalue weighted by Crippen LogP contribution is 2.22. The van der Waals surface area contributed by atoms with Crippen molar-refractivity contribution >= 4 is 0 Å². The molecule has 1 saturated heterocycles. The summed E-state index contributed by atoms with van der Waals surface area (Å²) in [6, 6.07) is 5.55. The highest BCUT2D eigenvalue weighted by atomic mass is 19.1. The molecule has 2 nitrogen and oxygen atoms in total. The van der Waals surface area contributed by atoms with Crippen LogP contribution in [-0.2, 0) is 11.2 Å². The van der Waals surface area contributed by atoms with Crippen molar-refractivity contribution in [2.45, 2.75) is 45.6 Å². The molecule has 1 aromatic carbocycles. The van der Waals surface area contributed by atoms with Gasteiger partial charge in [-0.3, -0.25) is 0 Å². The van der Waals surface area contributed by atoms with Gasteiger partial charge >= 0.3 is 0 Å². The highest BCUT2D eigenvalue weighted by Gasteiger charge is 2.24. The van der Waals surface area contributed by atoms with Crippen LogP contribution in [0.1, 0.15) is 37.3 Å². The fraction of sp³-hybridized carbons (Fsp3) is 0.647. The normalized spacial score (nSPS) is 20.9. The van der Waals surface area contributed by atoms with Crippen LogP contribution in [0.15, 0.2) is 18.2 Å². The Balaban J connectivity index is 2.05. The maximum absolute atomic E-state index is 13.2. The Hall–Kier alpha value is -0.930. The number of aryl methyl sites for hydroxylation is 1. The van der Waals surface area contributed by atoms with Crippen LogP contribution in [0.2, 0.25) is 0 Å². The molecule has 112 valence electrons. The largest absolute Gasteiger partial charge is 0.381 e. The molecule has 2 unspecified atom stereocenters. The van der Waals surface area contributed by atoms with Gasteiger partial charge in [0, 0.05) is 12.6 Å². The monoisotopic (exact) mass is 279 g/mol. The Morgan fingerprint density at radius 1 is 1.45 bits per heavy atom. The predicted molar refractivity (Wildman–Crippen MR) is 80.5 cm³/mol. The lowest BCUT2D eigenvalue weighted by molar-refractivity contribution is 0.0393. The van der Waals surface area contributed by atoms with Gasteiger partial charge in [-0.25, -0.2) is 4.39 Å². The fourth-order valence-electron chi connectivity index (χ4n) is 2.94. The van der Waals surface area contributed by atoms with E-state index >= 15 is 0 Å². The minimum absolute atomic E-state index is 0.148. The van der Waals surface area contributed by atoms with Crippen LogP contribution in [0.4, 0.5) is 4.39 Å². The molecule has 0 radical (unpaired) electrons. The van der Waals surface area contributed by atoms with Crippen molar-refractivity contribution in [1.29, 1.82) is 0 Å². The SMILES string of the molecule is CCCNC(Cc1ccc(F)cc1C)C1CCCOC1. The minimum atomic E-state index is -0.148. The molecule has 2 rings (SSSR count). The molecule has 1 aliphatic rings. The molecule has 2 atom stereocenters. The zero-order chi connectivity index (χ0) is 14.4. The molecule has 0 bridgehead atoms. The zero-order valence-electron chi connectivity index (χ0n) is 12.6. The molecule has 1 heterocycles. The van der Waals surface area contributed by atoms with E-state index in [2.05, 4.69) is 12.2 Å². The average Bonchev–Trinajstić information content (AvgIpc) is 2.46. The van der Waals surface area contributed by atoms with Crippen molar-refractivity contribution in [1.82, 2.24) is 5.32 Å². The fourth-order valence-corrected chi connectivity index (χ4v) is 2.94. The second kappa shape index (κ2) is 7.75. The molecular formula is C17H26FNO. The summed E-state index contributed by atoms with van der Waals surface area (Å²) in [5.41, 5.74) is 2.29. The van der Waals surface area contributed by atoms with E-state index in [0.29, 0.717) is 12.0 Å². The standard InChI is InChI=1S/C17H26FNO/c1-3-8-19-17(15-5-4-9-20-12-15)11-14-6-7-16(18)10-13(14)2/h6-7,10,15,17,19H,3-5,8-9,11-12H2,1-2H3. The summed E-state index contributed by atoms with van der Waals surface area (Å²) >= 11 is 0. The van der Waals surface area contributed by atoms with Crippen LogP contribution in [0.25, 0.3) is 0 Å². The van der Waals surface area contributed by atoms with Gasteiger partial charge in [-0.2, -0.15) is 0 Å². The number of halogens is 1.